The van der Waals surface area contributed by atoms with Gasteiger partial charge in [0.25, 0.3) is 5.91 Å². The Hall–Kier alpha value is -3.13. The summed E-state index contributed by atoms with van der Waals surface area (Å²) in [6.45, 7) is 0. The van der Waals surface area contributed by atoms with Crippen LogP contribution in [-0.2, 0) is 4.79 Å². The Morgan fingerprint density at radius 2 is 2.00 bits per heavy atom. The van der Waals surface area contributed by atoms with Crippen molar-refractivity contribution < 1.29 is 19.8 Å². The fraction of sp³-hybridized carbons (Fsp3) is 0.0588. The maximum atomic E-state index is 12.3. The first-order valence-electron chi connectivity index (χ1n) is 7.18. The van der Waals surface area contributed by atoms with Gasteiger partial charge in [-0.1, -0.05) is 0 Å². The molecule has 1 aromatic heterocycles. The van der Waals surface area contributed by atoms with Gasteiger partial charge in [0.05, 0.1) is 10.6 Å². The summed E-state index contributed by atoms with van der Waals surface area (Å²) in [4.78, 5) is 33.4. The summed E-state index contributed by atoms with van der Waals surface area (Å²) in [5.74, 6) is -1.78. The lowest BCUT2D eigenvalue weighted by Gasteiger charge is -2.07. The predicted octanol–water partition coefficient (Wildman–Crippen LogP) is 2.72. The van der Waals surface area contributed by atoms with Gasteiger partial charge < -0.3 is 10.2 Å². The molecular weight excluding hydrogens is 342 g/mol. The highest BCUT2D eigenvalue weighted by Crippen LogP contribution is 2.34. The van der Waals surface area contributed by atoms with Gasteiger partial charge in [0, 0.05) is 25.5 Å². The molecule has 126 valence electrons. The van der Waals surface area contributed by atoms with Crippen molar-refractivity contribution in [3.63, 3.8) is 0 Å². The third-order valence-corrected chi connectivity index (χ3v) is 4.50. The number of hydrogen-bond donors (Lipinski definition) is 2. The summed E-state index contributed by atoms with van der Waals surface area (Å²) in [6, 6.07) is 7.57. The Bertz CT molecular complexity index is 909. The quantitative estimate of drug-likeness (QED) is 0.821. The molecule has 2 aromatic rings. The van der Waals surface area contributed by atoms with Crippen molar-refractivity contribution >= 4 is 40.6 Å². The lowest BCUT2D eigenvalue weighted by atomic mass is 10.2. The number of amidine groups is 1. The minimum absolute atomic E-state index is 0.188. The fourth-order valence-corrected chi connectivity index (χ4v) is 3.13. The molecule has 0 saturated carbocycles. The van der Waals surface area contributed by atoms with Crippen molar-refractivity contribution in [1.82, 2.24) is 9.88 Å². The number of hydrogen-bond acceptors (Lipinski definition) is 6. The number of aliphatic imine (C=N–C) groups is 1. The third kappa shape index (κ3) is 3.53. The van der Waals surface area contributed by atoms with E-state index in [9.17, 15) is 14.7 Å². The van der Waals surface area contributed by atoms with Crippen LogP contribution in [0.25, 0.3) is 6.08 Å². The van der Waals surface area contributed by atoms with Crippen molar-refractivity contribution in [2.75, 3.05) is 7.05 Å². The molecule has 3 rings (SSSR count). The molecule has 1 saturated heterocycles. The molecule has 25 heavy (non-hydrogen) atoms. The van der Waals surface area contributed by atoms with E-state index in [1.54, 1.807) is 37.7 Å². The van der Waals surface area contributed by atoms with Crippen molar-refractivity contribution in [2.24, 2.45) is 4.99 Å². The first kappa shape index (κ1) is 16.7. The van der Waals surface area contributed by atoms with Gasteiger partial charge in [0.15, 0.2) is 5.17 Å². The van der Waals surface area contributed by atoms with Crippen LogP contribution in [0.3, 0.4) is 0 Å². The topological polar surface area (TPSA) is 103 Å². The third-order valence-electron chi connectivity index (χ3n) is 3.44. The number of nitrogens with zero attached hydrogens (tertiary/aromatic N) is 3. The van der Waals surface area contributed by atoms with E-state index in [2.05, 4.69) is 9.98 Å². The molecule has 1 fully saturated rings. The zero-order valence-corrected chi connectivity index (χ0v) is 13.9. The van der Waals surface area contributed by atoms with Crippen LogP contribution in [0.2, 0.25) is 0 Å². The number of benzene rings is 1. The standard InChI is InChI=1S/C17H13N3O4S/c1-20-15(22)14(8-10-4-6-18-7-5-10)25-17(20)19-11-2-3-12(16(23)24)13(21)9-11/h2-9,21H,1H3,(H,23,24)/b14-8-,19-17?. The summed E-state index contributed by atoms with van der Waals surface area (Å²) in [5.41, 5.74) is 1.00. The predicted molar refractivity (Wildman–Crippen MR) is 94.7 cm³/mol. The first-order valence-corrected chi connectivity index (χ1v) is 8.00. The summed E-state index contributed by atoms with van der Waals surface area (Å²) < 4.78 is 0. The van der Waals surface area contributed by atoms with E-state index in [-0.39, 0.29) is 17.2 Å². The number of aromatic nitrogens is 1. The van der Waals surface area contributed by atoms with Gasteiger partial charge in [-0.25, -0.2) is 9.79 Å². The van der Waals surface area contributed by atoms with Gasteiger partial charge in [-0.05, 0) is 47.7 Å². The zero-order chi connectivity index (χ0) is 18.0. The molecule has 0 radical (unpaired) electrons. The Kier molecular flexibility index (Phi) is 4.53. The van der Waals surface area contributed by atoms with E-state index < -0.39 is 5.97 Å². The summed E-state index contributed by atoms with van der Waals surface area (Å²) >= 11 is 1.20. The zero-order valence-electron chi connectivity index (χ0n) is 13.1. The van der Waals surface area contributed by atoms with Crippen LogP contribution in [0.5, 0.6) is 5.75 Å². The molecule has 1 aliphatic rings. The van der Waals surface area contributed by atoms with Gasteiger partial charge in [-0.2, -0.15) is 0 Å². The van der Waals surface area contributed by atoms with E-state index in [1.807, 2.05) is 0 Å². The minimum Gasteiger partial charge on any atom is -0.507 e. The number of amides is 1. The number of aromatic carboxylic acids is 1. The number of carbonyl (C=O) groups is 2. The molecule has 0 atom stereocenters. The number of carbonyl (C=O) groups excluding carboxylic acids is 1. The highest BCUT2D eigenvalue weighted by atomic mass is 32.2. The monoisotopic (exact) mass is 355 g/mol. The molecule has 1 aliphatic heterocycles. The average molecular weight is 355 g/mol. The molecule has 8 heteroatoms. The Labute approximate surface area is 147 Å². The van der Waals surface area contributed by atoms with Gasteiger partial charge in [-0.3, -0.25) is 14.7 Å². The van der Waals surface area contributed by atoms with E-state index >= 15 is 0 Å². The number of thioether (sulfide) groups is 1. The molecule has 0 aliphatic carbocycles. The van der Waals surface area contributed by atoms with E-state index in [4.69, 9.17) is 5.11 Å². The number of phenols is 1. The lowest BCUT2D eigenvalue weighted by Crippen LogP contribution is -2.23. The largest absolute Gasteiger partial charge is 0.507 e. The molecule has 0 spiro atoms. The smallest absolute Gasteiger partial charge is 0.339 e. The molecule has 2 N–H and O–H groups in total. The second-order valence-electron chi connectivity index (χ2n) is 5.16. The Morgan fingerprint density at radius 3 is 2.64 bits per heavy atom. The SMILES string of the molecule is CN1C(=O)/C(=C/c2ccncc2)SC1=Nc1ccc(C(=O)O)c(O)c1. The average Bonchev–Trinajstić information content (AvgIpc) is 2.84. The molecule has 7 nitrogen and oxygen atoms in total. The number of carboxylic acid groups (broad SMARTS) is 1. The fourth-order valence-electron chi connectivity index (χ4n) is 2.14. The van der Waals surface area contributed by atoms with Crippen molar-refractivity contribution in [2.45, 2.75) is 0 Å². The van der Waals surface area contributed by atoms with Crippen LogP contribution in [0.15, 0.2) is 52.6 Å². The summed E-state index contributed by atoms with van der Waals surface area (Å²) in [7, 11) is 1.60. The number of aromatic hydroxyl groups is 1. The van der Waals surface area contributed by atoms with Crippen molar-refractivity contribution in [1.29, 1.82) is 0 Å². The van der Waals surface area contributed by atoms with Crippen LogP contribution in [0.4, 0.5) is 5.69 Å². The van der Waals surface area contributed by atoms with E-state index in [0.29, 0.717) is 15.8 Å². The number of likely N-dealkylation sites (N-methyl/N-ethyl adjacent to an activating group) is 1. The van der Waals surface area contributed by atoms with E-state index in [0.717, 1.165) is 5.56 Å². The van der Waals surface area contributed by atoms with Gasteiger partial charge in [-0.15, -0.1) is 0 Å². The van der Waals surface area contributed by atoms with Gasteiger partial charge in [0.2, 0.25) is 0 Å². The van der Waals surface area contributed by atoms with Gasteiger partial charge in [0.1, 0.15) is 11.3 Å². The maximum Gasteiger partial charge on any atom is 0.339 e. The molecule has 0 bridgehead atoms. The second-order valence-corrected chi connectivity index (χ2v) is 6.17. The van der Waals surface area contributed by atoms with Crippen molar-refractivity contribution in [3.8, 4) is 5.75 Å². The molecular formula is C17H13N3O4S. The lowest BCUT2D eigenvalue weighted by molar-refractivity contribution is -0.121. The first-order chi connectivity index (χ1) is 12.0. The van der Waals surface area contributed by atoms with Gasteiger partial charge >= 0.3 is 5.97 Å². The van der Waals surface area contributed by atoms with Crippen LogP contribution in [0, 0.1) is 0 Å². The number of rotatable bonds is 3. The number of pyridine rings is 1. The Balaban J connectivity index is 1.89. The Morgan fingerprint density at radius 1 is 1.28 bits per heavy atom. The number of carboxylic acids is 1. The minimum atomic E-state index is -1.22. The van der Waals surface area contributed by atoms with Crippen LogP contribution >= 0.6 is 11.8 Å². The highest BCUT2D eigenvalue weighted by molar-refractivity contribution is 8.18. The second kappa shape index (κ2) is 6.78. The van der Waals surface area contributed by atoms with Crippen LogP contribution in [0.1, 0.15) is 15.9 Å². The van der Waals surface area contributed by atoms with Crippen LogP contribution < -0.4 is 0 Å². The molecule has 1 aromatic carbocycles. The summed E-state index contributed by atoms with van der Waals surface area (Å²) in [5, 5.41) is 19.1. The molecule has 2 heterocycles. The molecule has 1 amide bonds. The normalized spacial score (nSPS) is 17.5. The van der Waals surface area contributed by atoms with Crippen LogP contribution in [-0.4, -0.2) is 44.2 Å². The summed E-state index contributed by atoms with van der Waals surface area (Å²) in [6.07, 6.45) is 5.03. The van der Waals surface area contributed by atoms with Crippen molar-refractivity contribution in [3.05, 3.63) is 58.8 Å². The molecule has 0 unspecified atom stereocenters. The highest BCUT2D eigenvalue weighted by Gasteiger charge is 2.30. The maximum absolute atomic E-state index is 12.3. The van der Waals surface area contributed by atoms with E-state index in [1.165, 1.54) is 34.9 Å².